The number of carboxylic acid groups (broad SMARTS) is 1. The average Bonchev–Trinajstić information content (AvgIpc) is 2.28. The molecule has 18 heavy (non-hydrogen) atoms. The SMILES string of the molecule is NCCOCC(=O)Nc1cc(I)cc(C(=O)O)c1. The zero-order chi connectivity index (χ0) is 13.5. The number of carbonyl (C=O) groups excluding carboxylic acids is 1. The fourth-order valence-electron chi connectivity index (χ4n) is 1.23. The van der Waals surface area contributed by atoms with Crippen LogP contribution < -0.4 is 11.1 Å². The minimum Gasteiger partial charge on any atom is -0.478 e. The van der Waals surface area contributed by atoms with E-state index >= 15 is 0 Å². The number of aromatic carboxylic acids is 1. The van der Waals surface area contributed by atoms with Gasteiger partial charge in [0.1, 0.15) is 6.61 Å². The molecule has 0 aliphatic heterocycles. The Bertz CT molecular complexity index is 451. The first-order valence-electron chi connectivity index (χ1n) is 5.14. The van der Waals surface area contributed by atoms with Gasteiger partial charge in [-0.25, -0.2) is 4.79 Å². The fourth-order valence-corrected chi connectivity index (χ4v) is 1.90. The highest BCUT2D eigenvalue weighted by atomic mass is 127. The third-order valence-corrected chi connectivity index (χ3v) is 2.55. The predicted molar refractivity (Wildman–Crippen MR) is 74.6 cm³/mol. The summed E-state index contributed by atoms with van der Waals surface area (Å²) < 4.78 is 5.70. The molecule has 6 nitrogen and oxygen atoms in total. The van der Waals surface area contributed by atoms with E-state index in [9.17, 15) is 9.59 Å². The summed E-state index contributed by atoms with van der Waals surface area (Å²) in [6.07, 6.45) is 0. The van der Waals surface area contributed by atoms with Crippen molar-refractivity contribution >= 4 is 40.2 Å². The maximum absolute atomic E-state index is 11.5. The number of anilines is 1. The Morgan fingerprint density at radius 1 is 1.39 bits per heavy atom. The van der Waals surface area contributed by atoms with Crippen LogP contribution in [0, 0.1) is 3.57 Å². The number of ether oxygens (including phenoxy) is 1. The lowest BCUT2D eigenvalue weighted by Crippen LogP contribution is -2.21. The molecule has 0 atom stereocenters. The van der Waals surface area contributed by atoms with Crippen LogP contribution in [-0.4, -0.2) is 36.7 Å². The summed E-state index contributed by atoms with van der Waals surface area (Å²) in [7, 11) is 0. The highest BCUT2D eigenvalue weighted by Crippen LogP contribution is 2.16. The molecule has 0 aliphatic rings. The molecule has 0 saturated heterocycles. The largest absolute Gasteiger partial charge is 0.478 e. The second kappa shape index (κ2) is 7.29. The van der Waals surface area contributed by atoms with E-state index in [-0.39, 0.29) is 18.1 Å². The first kappa shape index (κ1) is 14.9. The number of hydrogen-bond donors (Lipinski definition) is 3. The number of nitrogens with two attached hydrogens (primary N) is 1. The van der Waals surface area contributed by atoms with E-state index in [4.69, 9.17) is 15.6 Å². The summed E-state index contributed by atoms with van der Waals surface area (Å²) in [5.74, 6) is -1.38. The summed E-state index contributed by atoms with van der Waals surface area (Å²) in [6.45, 7) is 0.547. The molecule has 7 heteroatoms. The van der Waals surface area contributed by atoms with Crippen LogP contribution in [0.5, 0.6) is 0 Å². The lowest BCUT2D eigenvalue weighted by Gasteiger charge is -2.07. The maximum Gasteiger partial charge on any atom is 0.335 e. The van der Waals surface area contributed by atoms with Crippen LogP contribution in [0.25, 0.3) is 0 Å². The van der Waals surface area contributed by atoms with Crippen molar-refractivity contribution in [1.82, 2.24) is 0 Å². The average molecular weight is 364 g/mol. The number of nitrogens with one attached hydrogen (secondary N) is 1. The molecule has 1 amide bonds. The topological polar surface area (TPSA) is 102 Å². The van der Waals surface area contributed by atoms with E-state index in [1.54, 1.807) is 6.07 Å². The molecule has 0 fully saturated rings. The number of benzene rings is 1. The van der Waals surface area contributed by atoms with Gasteiger partial charge in [-0.3, -0.25) is 4.79 Å². The Morgan fingerprint density at radius 3 is 2.72 bits per heavy atom. The quantitative estimate of drug-likeness (QED) is 0.514. The molecular weight excluding hydrogens is 351 g/mol. The molecule has 1 aromatic carbocycles. The number of halogens is 1. The second-order valence-electron chi connectivity index (χ2n) is 3.42. The molecule has 0 saturated carbocycles. The molecule has 0 unspecified atom stereocenters. The van der Waals surface area contributed by atoms with Crippen LogP contribution in [0.15, 0.2) is 18.2 Å². The Balaban J connectivity index is 2.66. The zero-order valence-corrected chi connectivity index (χ0v) is 11.6. The third-order valence-electron chi connectivity index (χ3n) is 1.92. The lowest BCUT2D eigenvalue weighted by molar-refractivity contribution is -0.120. The predicted octanol–water partition coefficient (Wildman–Crippen LogP) is 0.903. The van der Waals surface area contributed by atoms with Gasteiger partial charge in [-0.2, -0.15) is 0 Å². The van der Waals surface area contributed by atoms with E-state index in [1.807, 2.05) is 22.6 Å². The van der Waals surface area contributed by atoms with Crippen LogP contribution in [0.4, 0.5) is 5.69 Å². The summed E-state index contributed by atoms with van der Waals surface area (Å²) in [5, 5.41) is 11.5. The van der Waals surface area contributed by atoms with E-state index in [2.05, 4.69) is 5.32 Å². The van der Waals surface area contributed by atoms with Crippen molar-refractivity contribution in [3.05, 3.63) is 27.3 Å². The number of amides is 1. The normalized spacial score (nSPS) is 10.1. The Morgan fingerprint density at radius 2 is 2.11 bits per heavy atom. The first-order chi connectivity index (χ1) is 8.52. The Labute approximate surface area is 118 Å². The number of carboxylic acids is 1. The van der Waals surface area contributed by atoms with E-state index < -0.39 is 5.97 Å². The van der Waals surface area contributed by atoms with Crippen LogP contribution in [-0.2, 0) is 9.53 Å². The molecule has 0 radical (unpaired) electrons. The summed E-state index contributed by atoms with van der Waals surface area (Å²) in [4.78, 5) is 22.3. The summed E-state index contributed by atoms with van der Waals surface area (Å²) in [6, 6.07) is 4.59. The molecule has 0 bridgehead atoms. The molecule has 0 spiro atoms. The van der Waals surface area contributed by atoms with Crippen molar-refractivity contribution in [3.8, 4) is 0 Å². The number of carbonyl (C=O) groups is 2. The number of rotatable bonds is 6. The van der Waals surface area contributed by atoms with Crippen molar-refractivity contribution in [2.45, 2.75) is 0 Å². The molecule has 1 rings (SSSR count). The molecule has 0 aliphatic carbocycles. The van der Waals surface area contributed by atoms with Gasteiger partial charge in [0.15, 0.2) is 0 Å². The number of hydrogen-bond acceptors (Lipinski definition) is 4. The Hall–Kier alpha value is -1.19. The van der Waals surface area contributed by atoms with E-state index in [0.29, 0.717) is 18.8 Å². The van der Waals surface area contributed by atoms with Crippen molar-refractivity contribution in [3.63, 3.8) is 0 Å². The lowest BCUT2D eigenvalue weighted by atomic mass is 10.2. The smallest absolute Gasteiger partial charge is 0.335 e. The fraction of sp³-hybridized carbons (Fsp3) is 0.273. The van der Waals surface area contributed by atoms with Gasteiger partial charge in [0.25, 0.3) is 0 Å². The van der Waals surface area contributed by atoms with Gasteiger partial charge in [0, 0.05) is 15.8 Å². The van der Waals surface area contributed by atoms with Crippen LogP contribution in [0.3, 0.4) is 0 Å². The highest BCUT2D eigenvalue weighted by molar-refractivity contribution is 14.1. The molecule has 98 valence electrons. The first-order valence-corrected chi connectivity index (χ1v) is 6.22. The minimum atomic E-state index is -1.04. The van der Waals surface area contributed by atoms with E-state index in [1.165, 1.54) is 12.1 Å². The molecule has 0 heterocycles. The van der Waals surface area contributed by atoms with Gasteiger partial charge in [0.05, 0.1) is 12.2 Å². The van der Waals surface area contributed by atoms with Gasteiger partial charge >= 0.3 is 5.97 Å². The van der Waals surface area contributed by atoms with Crippen molar-refractivity contribution in [1.29, 1.82) is 0 Å². The summed E-state index contributed by atoms with van der Waals surface area (Å²) in [5.41, 5.74) is 5.77. The zero-order valence-electron chi connectivity index (χ0n) is 9.48. The molecular formula is C11H13IN2O4. The van der Waals surface area contributed by atoms with Gasteiger partial charge in [-0.05, 0) is 40.8 Å². The second-order valence-corrected chi connectivity index (χ2v) is 4.67. The summed E-state index contributed by atoms with van der Waals surface area (Å²) >= 11 is 1.98. The van der Waals surface area contributed by atoms with Gasteiger partial charge in [-0.15, -0.1) is 0 Å². The van der Waals surface area contributed by atoms with Crippen LogP contribution in [0.2, 0.25) is 0 Å². The monoisotopic (exact) mass is 364 g/mol. The maximum atomic E-state index is 11.5. The standard InChI is InChI=1S/C11H13IN2O4/c12-8-3-7(11(16)17)4-9(5-8)14-10(15)6-18-2-1-13/h3-5H,1-2,6,13H2,(H,14,15)(H,16,17). The van der Waals surface area contributed by atoms with Gasteiger partial charge < -0.3 is 20.9 Å². The van der Waals surface area contributed by atoms with Crippen molar-refractivity contribution in [2.24, 2.45) is 5.73 Å². The minimum absolute atomic E-state index is 0.106. The molecule has 1 aromatic rings. The molecule has 0 aromatic heterocycles. The van der Waals surface area contributed by atoms with Crippen molar-refractivity contribution in [2.75, 3.05) is 25.1 Å². The van der Waals surface area contributed by atoms with E-state index in [0.717, 1.165) is 3.57 Å². The van der Waals surface area contributed by atoms with Gasteiger partial charge in [-0.1, -0.05) is 0 Å². The van der Waals surface area contributed by atoms with Gasteiger partial charge in [0.2, 0.25) is 5.91 Å². The Kier molecular flexibility index (Phi) is 6.02. The van der Waals surface area contributed by atoms with Crippen molar-refractivity contribution < 1.29 is 19.4 Å². The van der Waals surface area contributed by atoms with Crippen LogP contribution >= 0.6 is 22.6 Å². The highest BCUT2D eigenvalue weighted by Gasteiger charge is 2.08. The third kappa shape index (κ3) is 4.98. The molecule has 4 N–H and O–H groups in total. The van der Waals surface area contributed by atoms with Crippen LogP contribution in [0.1, 0.15) is 10.4 Å².